The third-order valence-electron chi connectivity index (χ3n) is 8.22. The predicted octanol–water partition coefficient (Wildman–Crippen LogP) is 6.56. The molecule has 2 aliphatic rings. The van der Waals surface area contributed by atoms with Gasteiger partial charge in [-0.3, -0.25) is 0 Å². The van der Waals surface area contributed by atoms with Gasteiger partial charge in [0.05, 0.1) is 18.8 Å². The number of urea groups is 1. The van der Waals surface area contributed by atoms with E-state index in [1.165, 1.54) is 32.1 Å². The number of ether oxygens (including phenoxy) is 2. The molecule has 2 fully saturated rings. The Hall–Kier alpha value is -3.23. The summed E-state index contributed by atoms with van der Waals surface area (Å²) in [6, 6.07) is 25.3. The highest BCUT2D eigenvalue weighted by molar-refractivity contribution is 5.89. The first-order valence-electron chi connectivity index (χ1n) is 15.0. The zero-order chi connectivity index (χ0) is 28.4. The molecule has 3 aromatic rings. The molecule has 2 aliphatic heterocycles. The van der Waals surface area contributed by atoms with Crippen molar-refractivity contribution in [2.45, 2.75) is 70.7 Å². The van der Waals surface area contributed by atoms with Gasteiger partial charge in [0.1, 0.15) is 0 Å². The van der Waals surface area contributed by atoms with Gasteiger partial charge in [-0.15, -0.1) is 0 Å². The molecule has 7 heteroatoms. The van der Waals surface area contributed by atoms with Gasteiger partial charge in [0.15, 0.2) is 6.29 Å². The standard InChI is InChI=1S/C34H43N3O4/c1-25-31(23-37-19-8-3-2-4-9-20-37)40-33(41-32(25)28-17-15-27(24-38)16-18-28)29-13-10-14-30(21-29)36-34(39)35-22-26-11-6-5-7-12-26/h5-7,10-18,21,25,31-33,38H,2-4,8-9,19-20,22-24H2,1H3,(H2,35,36,39)/t25-,31+,32+,33+/m0/s1. The second-order valence-electron chi connectivity index (χ2n) is 11.3. The second kappa shape index (κ2) is 14.6. The number of amides is 2. The first-order chi connectivity index (χ1) is 20.1. The Bertz CT molecular complexity index is 1230. The van der Waals surface area contributed by atoms with Crippen molar-refractivity contribution in [3.63, 3.8) is 0 Å². The molecule has 0 bridgehead atoms. The maximum absolute atomic E-state index is 12.6. The number of hydrogen-bond acceptors (Lipinski definition) is 5. The minimum atomic E-state index is -0.567. The van der Waals surface area contributed by atoms with Crippen molar-refractivity contribution in [1.82, 2.24) is 10.2 Å². The smallest absolute Gasteiger partial charge is 0.319 e. The average molecular weight is 558 g/mol. The number of nitrogens with one attached hydrogen (secondary N) is 2. The lowest BCUT2D eigenvalue weighted by atomic mass is 9.89. The topological polar surface area (TPSA) is 83.1 Å². The van der Waals surface area contributed by atoms with Gasteiger partial charge in [-0.05, 0) is 54.8 Å². The van der Waals surface area contributed by atoms with E-state index >= 15 is 0 Å². The number of hydrogen-bond donors (Lipinski definition) is 3. The highest BCUT2D eigenvalue weighted by atomic mass is 16.7. The predicted molar refractivity (Wildman–Crippen MR) is 161 cm³/mol. The van der Waals surface area contributed by atoms with Crippen LogP contribution in [0.25, 0.3) is 0 Å². The van der Waals surface area contributed by atoms with Crippen LogP contribution in [-0.4, -0.2) is 41.8 Å². The molecular formula is C34H43N3O4. The van der Waals surface area contributed by atoms with E-state index < -0.39 is 6.29 Å². The maximum atomic E-state index is 12.6. The number of likely N-dealkylation sites (tertiary alicyclic amines) is 1. The van der Waals surface area contributed by atoms with Gasteiger partial charge in [-0.25, -0.2) is 4.79 Å². The van der Waals surface area contributed by atoms with E-state index in [-0.39, 0.29) is 30.8 Å². The summed E-state index contributed by atoms with van der Waals surface area (Å²) < 4.78 is 13.3. The molecule has 0 spiro atoms. The fraction of sp³-hybridized carbons (Fsp3) is 0.441. The fourth-order valence-electron chi connectivity index (χ4n) is 5.79. The lowest BCUT2D eigenvalue weighted by molar-refractivity contribution is -0.276. The van der Waals surface area contributed by atoms with Crippen LogP contribution in [0.5, 0.6) is 0 Å². The molecule has 4 atom stereocenters. The molecule has 218 valence electrons. The highest BCUT2D eigenvalue weighted by Crippen LogP contribution is 2.42. The molecule has 0 aromatic heterocycles. The molecule has 0 saturated carbocycles. The first-order valence-corrected chi connectivity index (χ1v) is 15.0. The van der Waals surface area contributed by atoms with Crippen LogP contribution in [-0.2, 0) is 22.6 Å². The average Bonchev–Trinajstić information content (AvgIpc) is 2.99. The molecule has 0 aliphatic carbocycles. The minimum Gasteiger partial charge on any atom is -0.392 e. The lowest BCUT2D eigenvalue weighted by Crippen LogP contribution is -2.45. The Kier molecular flexibility index (Phi) is 10.4. The zero-order valence-electron chi connectivity index (χ0n) is 24.0. The van der Waals surface area contributed by atoms with E-state index in [9.17, 15) is 9.90 Å². The van der Waals surface area contributed by atoms with Crippen molar-refractivity contribution >= 4 is 11.7 Å². The number of aliphatic hydroxyl groups excluding tert-OH is 1. The van der Waals surface area contributed by atoms with Gasteiger partial charge in [0.25, 0.3) is 0 Å². The van der Waals surface area contributed by atoms with E-state index in [0.717, 1.165) is 41.9 Å². The number of benzene rings is 3. The van der Waals surface area contributed by atoms with Crippen LogP contribution in [0.3, 0.4) is 0 Å². The van der Waals surface area contributed by atoms with Gasteiger partial charge in [-0.2, -0.15) is 0 Å². The fourth-order valence-corrected chi connectivity index (χ4v) is 5.79. The maximum Gasteiger partial charge on any atom is 0.319 e. The van der Waals surface area contributed by atoms with E-state index in [2.05, 4.69) is 34.6 Å². The first kappa shape index (κ1) is 29.3. The summed E-state index contributed by atoms with van der Waals surface area (Å²) in [6.07, 6.45) is 5.64. The number of carbonyl (C=O) groups is 1. The summed E-state index contributed by atoms with van der Waals surface area (Å²) in [7, 11) is 0. The molecule has 7 nitrogen and oxygen atoms in total. The van der Waals surface area contributed by atoms with Crippen molar-refractivity contribution in [3.8, 4) is 0 Å². The molecule has 2 saturated heterocycles. The normalized spacial score (nSPS) is 23.8. The number of nitrogens with zero attached hydrogens (tertiary/aromatic N) is 1. The number of rotatable bonds is 8. The summed E-state index contributed by atoms with van der Waals surface area (Å²) in [5, 5.41) is 15.4. The van der Waals surface area contributed by atoms with Crippen LogP contribution in [0.1, 0.15) is 73.7 Å². The van der Waals surface area contributed by atoms with Crippen LogP contribution in [0.2, 0.25) is 0 Å². The number of aliphatic hydroxyl groups is 1. The van der Waals surface area contributed by atoms with Gasteiger partial charge in [0, 0.05) is 30.3 Å². The SMILES string of the molecule is C[C@H]1[C@@H](CN2CCCCCCC2)O[C@@H](c2cccc(NC(=O)NCc3ccccc3)c2)O[C@H]1c1ccc(CO)cc1. The molecule has 2 amide bonds. The van der Waals surface area contributed by atoms with Crippen LogP contribution < -0.4 is 10.6 Å². The molecule has 0 radical (unpaired) electrons. The third-order valence-corrected chi connectivity index (χ3v) is 8.22. The van der Waals surface area contributed by atoms with Crippen molar-refractivity contribution in [2.75, 3.05) is 25.0 Å². The van der Waals surface area contributed by atoms with Gasteiger partial charge in [-0.1, -0.05) is 92.9 Å². The Morgan fingerprint density at radius 3 is 2.32 bits per heavy atom. The van der Waals surface area contributed by atoms with E-state index in [0.29, 0.717) is 12.2 Å². The Labute approximate surface area is 243 Å². The zero-order valence-corrected chi connectivity index (χ0v) is 24.0. The largest absolute Gasteiger partial charge is 0.392 e. The molecule has 3 N–H and O–H groups in total. The monoisotopic (exact) mass is 557 g/mol. The second-order valence-corrected chi connectivity index (χ2v) is 11.3. The van der Waals surface area contributed by atoms with Gasteiger partial charge in [0.2, 0.25) is 0 Å². The van der Waals surface area contributed by atoms with E-state index in [4.69, 9.17) is 9.47 Å². The van der Waals surface area contributed by atoms with Crippen LogP contribution in [0.4, 0.5) is 10.5 Å². The molecular weight excluding hydrogens is 514 g/mol. The minimum absolute atomic E-state index is 0.0125. The van der Waals surface area contributed by atoms with Crippen molar-refractivity contribution in [3.05, 3.63) is 101 Å². The van der Waals surface area contributed by atoms with Gasteiger partial charge < -0.3 is 30.1 Å². The lowest BCUT2D eigenvalue weighted by Gasteiger charge is -2.43. The molecule has 3 aromatic carbocycles. The summed E-state index contributed by atoms with van der Waals surface area (Å²) in [5.41, 5.74) is 4.55. The van der Waals surface area contributed by atoms with E-state index in [1.54, 1.807) is 0 Å². The Morgan fingerprint density at radius 1 is 0.854 bits per heavy atom. The third kappa shape index (κ3) is 8.17. The number of anilines is 1. The summed E-state index contributed by atoms with van der Waals surface area (Å²) >= 11 is 0. The Morgan fingerprint density at radius 2 is 1.59 bits per heavy atom. The highest BCUT2D eigenvalue weighted by Gasteiger charge is 2.39. The van der Waals surface area contributed by atoms with Crippen molar-refractivity contribution in [2.24, 2.45) is 5.92 Å². The quantitative estimate of drug-likeness (QED) is 0.292. The number of carbonyl (C=O) groups excluding carboxylic acids is 1. The molecule has 2 heterocycles. The van der Waals surface area contributed by atoms with Crippen LogP contribution in [0.15, 0.2) is 78.9 Å². The van der Waals surface area contributed by atoms with Crippen molar-refractivity contribution < 1.29 is 19.4 Å². The molecule has 5 rings (SSSR count). The summed E-state index contributed by atoms with van der Waals surface area (Å²) in [5.74, 6) is 0.140. The molecule has 41 heavy (non-hydrogen) atoms. The van der Waals surface area contributed by atoms with Gasteiger partial charge >= 0.3 is 6.03 Å². The van der Waals surface area contributed by atoms with Crippen molar-refractivity contribution in [1.29, 1.82) is 0 Å². The Balaban J connectivity index is 1.31. The summed E-state index contributed by atoms with van der Waals surface area (Å²) in [4.78, 5) is 15.2. The molecule has 0 unspecified atom stereocenters. The van der Waals surface area contributed by atoms with Crippen LogP contribution >= 0.6 is 0 Å². The summed E-state index contributed by atoms with van der Waals surface area (Å²) in [6.45, 7) is 5.76. The van der Waals surface area contributed by atoms with E-state index in [1.807, 2.05) is 66.7 Å². The van der Waals surface area contributed by atoms with Crippen LogP contribution in [0, 0.1) is 5.92 Å².